The van der Waals surface area contributed by atoms with Crippen molar-refractivity contribution in [3.05, 3.63) is 21.9 Å². The maximum absolute atomic E-state index is 9.19. The van der Waals surface area contributed by atoms with Crippen LogP contribution in [0.4, 0.5) is 0 Å². The normalized spacial score (nSPS) is 19.6. The predicted octanol–water partition coefficient (Wildman–Crippen LogP) is 2.22. The van der Waals surface area contributed by atoms with Crippen molar-refractivity contribution in [1.29, 1.82) is 0 Å². The van der Waals surface area contributed by atoms with Crippen LogP contribution >= 0.6 is 11.3 Å². The van der Waals surface area contributed by atoms with Crippen LogP contribution in [0.2, 0.25) is 0 Å². The average molecular weight is 293 g/mol. The van der Waals surface area contributed by atoms with Crippen LogP contribution in [-0.4, -0.2) is 40.9 Å². The minimum atomic E-state index is 0.122. The zero-order chi connectivity index (χ0) is 14.2. The molecule has 0 spiro atoms. The Kier molecular flexibility index (Phi) is 6.55. The standard InChI is InChI=1S/C16H23NO2S/c18-10-4-2-5-14-8-12-20-16(14)13-17-9-3-1-6-15(17)7-11-19/h8,12,15,18-19H,1,3-4,6-7,9-11,13H2. The van der Waals surface area contributed by atoms with Crippen LogP contribution in [-0.2, 0) is 6.54 Å². The lowest BCUT2D eigenvalue weighted by molar-refractivity contribution is 0.113. The first-order valence-corrected chi connectivity index (χ1v) is 8.24. The largest absolute Gasteiger partial charge is 0.396 e. The molecule has 1 saturated heterocycles. The topological polar surface area (TPSA) is 43.7 Å². The van der Waals surface area contributed by atoms with Gasteiger partial charge in [0.15, 0.2) is 0 Å². The van der Waals surface area contributed by atoms with E-state index in [2.05, 4.69) is 28.2 Å². The van der Waals surface area contributed by atoms with Crippen LogP contribution in [0.3, 0.4) is 0 Å². The van der Waals surface area contributed by atoms with Crippen LogP contribution in [0.15, 0.2) is 11.4 Å². The Labute approximate surface area is 125 Å². The number of hydrogen-bond donors (Lipinski definition) is 2. The van der Waals surface area contributed by atoms with E-state index < -0.39 is 0 Å². The maximum Gasteiger partial charge on any atom is 0.0540 e. The molecule has 0 bridgehead atoms. The number of hydrogen-bond acceptors (Lipinski definition) is 4. The van der Waals surface area contributed by atoms with E-state index in [1.165, 1.54) is 24.1 Å². The molecule has 1 fully saturated rings. The molecule has 1 aliphatic rings. The molecule has 0 amide bonds. The minimum Gasteiger partial charge on any atom is -0.396 e. The Hall–Kier alpha value is -0.860. The first-order valence-electron chi connectivity index (χ1n) is 7.36. The minimum absolute atomic E-state index is 0.122. The third-order valence-corrected chi connectivity index (χ3v) is 4.67. The second kappa shape index (κ2) is 8.43. The number of thiophene rings is 1. The van der Waals surface area contributed by atoms with E-state index in [1.54, 1.807) is 11.3 Å². The SMILES string of the molecule is OCCC#Cc1ccsc1CN1CCCCC1CCO. The second-order valence-electron chi connectivity index (χ2n) is 5.17. The van der Waals surface area contributed by atoms with Gasteiger partial charge in [-0.25, -0.2) is 0 Å². The van der Waals surface area contributed by atoms with Gasteiger partial charge in [0.2, 0.25) is 0 Å². The number of rotatable bonds is 5. The lowest BCUT2D eigenvalue weighted by Crippen LogP contribution is -2.39. The van der Waals surface area contributed by atoms with Gasteiger partial charge in [0.05, 0.1) is 6.61 Å². The van der Waals surface area contributed by atoms with Crippen molar-refractivity contribution in [2.24, 2.45) is 0 Å². The molecule has 0 radical (unpaired) electrons. The van der Waals surface area contributed by atoms with Gasteiger partial charge in [-0.05, 0) is 37.3 Å². The molecule has 2 rings (SSSR count). The number of aliphatic hydroxyl groups is 2. The fourth-order valence-electron chi connectivity index (χ4n) is 2.72. The molecule has 4 heteroatoms. The average Bonchev–Trinajstić information content (AvgIpc) is 2.89. The van der Waals surface area contributed by atoms with Gasteiger partial charge in [-0.2, -0.15) is 0 Å². The van der Waals surface area contributed by atoms with Gasteiger partial charge in [-0.15, -0.1) is 11.3 Å². The van der Waals surface area contributed by atoms with Crippen LogP contribution in [0, 0.1) is 11.8 Å². The lowest BCUT2D eigenvalue weighted by atomic mass is 9.99. The van der Waals surface area contributed by atoms with Crippen molar-refractivity contribution in [3.63, 3.8) is 0 Å². The smallest absolute Gasteiger partial charge is 0.0540 e. The predicted molar refractivity (Wildman–Crippen MR) is 82.7 cm³/mol. The molecule has 1 aliphatic heterocycles. The van der Waals surface area contributed by atoms with Crippen LogP contribution in [0.5, 0.6) is 0 Å². The quantitative estimate of drug-likeness (QED) is 0.818. The van der Waals surface area contributed by atoms with Gasteiger partial charge in [0.1, 0.15) is 0 Å². The molecule has 1 atom stereocenters. The highest BCUT2D eigenvalue weighted by Gasteiger charge is 2.22. The highest BCUT2D eigenvalue weighted by atomic mass is 32.1. The highest BCUT2D eigenvalue weighted by Crippen LogP contribution is 2.25. The van der Waals surface area contributed by atoms with Crippen molar-refractivity contribution >= 4 is 11.3 Å². The molecule has 1 unspecified atom stereocenters. The van der Waals surface area contributed by atoms with E-state index in [1.807, 2.05) is 0 Å². The summed E-state index contributed by atoms with van der Waals surface area (Å²) in [5, 5.41) is 20.1. The molecule has 1 aromatic rings. The Balaban J connectivity index is 2.01. The highest BCUT2D eigenvalue weighted by molar-refractivity contribution is 7.10. The van der Waals surface area contributed by atoms with Gasteiger partial charge in [0, 0.05) is 36.1 Å². The summed E-state index contributed by atoms with van der Waals surface area (Å²) in [6.07, 6.45) is 5.12. The molecule has 2 heterocycles. The third kappa shape index (κ3) is 4.32. The summed E-state index contributed by atoms with van der Waals surface area (Å²) >= 11 is 1.75. The van der Waals surface area contributed by atoms with E-state index in [-0.39, 0.29) is 13.2 Å². The fraction of sp³-hybridized carbons (Fsp3) is 0.625. The summed E-state index contributed by atoms with van der Waals surface area (Å²) in [6.45, 7) is 2.45. The van der Waals surface area contributed by atoms with Crippen molar-refractivity contribution in [1.82, 2.24) is 4.90 Å². The number of likely N-dealkylation sites (tertiary alicyclic amines) is 1. The van der Waals surface area contributed by atoms with E-state index in [9.17, 15) is 5.11 Å². The van der Waals surface area contributed by atoms with Crippen LogP contribution < -0.4 is 0 Å². The summed E-state index contributed by atoms with van der Waals surface area (Å²) in [5.41, 5.74) is 1.09. The molecule has 3 nitrogen and oxygen atoms in total. The van der Waals surface area contributed by atoms with E-state index >= 15 is 0 Å². The zero-order valence-corrected chi connectivity index (χ0v) is 12.7. The molecule has 2 N–H and O–H groups in total. The third-order valence-electron chi connectivity index (χ3n) is 3.76. The molecule has 0 aliphatic carbocycles. The number of aliphatic hydroxyl groups excluding tert-OH is 2. The number of piperidine rings is 1. The summed E-state index contributed by atoms with van der Waals surface area (Å²) in [5.74, 6) is 6.15. The van der Waals surface area contributed by atoms with Gasteiger partial charge in [-0.1, -0.05) is 18.3 Å². The summed E-state index contributed by atoms with van der Waals surface area (Å²) in [7, 11) is 0. The van der Waals surface area contributed by atoms with Crippen molar-refractivity contribution in [3.8, 4) is 11.8 Å². The summed E-state index contributed by atoms with van der Waals surface area (Å²) in [4.78, 5) is 3.79. The van der Waals surface area contributed by atoms with Gasteiger partial charge < -0.3 is 10.2 Å². The Morgan fingerprint density at radius 3 is 3.00 bits per heavy atom. The van der Waals surface area contributed by atoms with Crippen molar-refractivity contribution in [2.75, 3.05) is 19.8 Å². The second-order valence-corrected chi connectivity index (χ2v) is 6.17. The van der Waals surface area contributed by atoms with Gasteiger partial charge in [0.25, 0.3) is 0 Å². The van der Waals surface area contributed by atoms with Crippen LogP contribution in [0.25, 0.3) is 0 Å². The fourth-order valence-corrected chi connectivity index (χ4v) is 3.57. The first kappa shape index (κ1) is 15.5. The number of nitrogens with zero attached hydrogens (tertiary/aromatic N) is 1. The Morgan fingerprint density at radius 2 is 2.20 bits per heavy atom. The van der Waals surface area contributed by atoms with E-state index in [0.29, 0.717) is 12.5 Å². The molecule has 0 saturated carbocycles. The maximum atomic E-state index is 9.19. The lowest BCUT2D eigenvalue weighted by Gasteiger charge is -2.35. The summed E-state index contributed by atoms with van der Waals surface area (Å²) < 4.78 is 0. The van der Waals surface area contributed by atoms with Crippen molar-refractivity contribution < 1.29 is 10.2 Å². The molecule has 110 valence electrons. The Bertz CT molecular complexity index is 459. The Morgan fingerprint density at radius 1 is 1.30 bits per heavy atom. The van der Waals surface area contributed by atoms with Gasteiger partial charge >= 0.3 is 0 Å². The first-order chi connectivity index (χ1) is 9.85. The van der Waals surface area contributed by atoms with Crippen LogP contribution in [0.1, 0.15) is 42.5 Å². The molecule has 20 heavy (non-hydrogen) atoms. The molecule has 0 aromatic carbocycles. The van der Waals surface area contributed by atoms with E-state index in [0.717, 1.165) is 25.1 Å². The van der Waals surface area contributed by atoms with Crippen molar-refractivity contribution in [2.45, 2.75) is 44.7 Å². The van der Waals surface area contributed by atoms with Gasteiger partial charge in [-0.3, -0.25) is 4.90 Å². The molecule has 1 aromatic heterocycles. The summed E-state index contributed by atoms with van der Waals surface area (Å²) in [6, 6.07) is 2.57. The zero-order valence-electron chi connectivity index (χ0n) is 11.8. The molecular formula is C16H23NO2S. The van der Waals surface area contributed by atoms with E-state index in [4.69, 9.17) is 5.11 Å². The molecular weight excluding hydrogens is 270 g/mol. The monoisotopic (exact) mass is 293 g/mol.